The molecule has 1 aliphatic carbocycles. The highest BCUT2D eigenvalue weighted by atomic mass is 35.5. The molecule has 0 spiro atoms. The van der Waals surface area contributed by atoms with E-state index in [0.29, 0.717) is 27.8 Å². The van der Waals surface area contributed by atoms with E-state index in [1.54, 1.807) is 6.07 Å². The first-order valence-corrected chi connectivity index (χ1v) is 9.58. The molecule has 1 aromatic carbocycles. The molecule has 12 heteroatoms. The topological polar surface area (TPSA) is 157 Å². The van der Waals surface area contributed by atoms with Crippen molar-refractivity contribution in [3.63, 3.8) is 0 Å². The molecule has 1 aliphatic rings. The van der Waals surface area contributed by atoms with Crippen molar-refractivity contribution in [2.24, 2.45) is 4.99 Å². The van der Waals surface area contributed by atoms with Crippen LogP contribution in [0.15, 0.2) is 34.2 Å². The van der Waals surface area contributed by atoms with Gasteiger partial charge in [0.2, 0.25) is 5.88 Å². The molecule has 31 heavy (non-hydrogen) atoms. The molecule has 3 N–H and O–H groups in total. The number of benzene rings is 1. The van der Waals surface area contributed by atoms with Crippen molar-refractivity contribution in [1.82, 2.24) is 29.5 Å². The molecule has 0 atom stereocenters. The quantitative estimate of drug-likeness (QED) is 0.426. The van der Waals surface area contributed by atoms with E-state index in [4.69, 9.17) is 21.6 Å². The van der Waals surface area contributed by atoms with Gasteiger partial charge in [-0.1, -0.05) is 11.6 Å². The van der Waals surface area contributed by atoms with E-state index in [0.717, 1.165) is 12.8 Å². The highest BCUT2D eigenvalue weighted by Crippen LogP contribution is 2.25. The van der Waals surface area contributed by atoms with Crippen LogP contribution in [0.25, 0.3) is 11.7 Å². The van der Waals surface area contributed by atoms with Crippen LogP contribution in [-0.2, 0) is 0 Å². The van der Waals surface area contributed by atoms with Crippen LogP contribution in [0.5, 0.6) is 17.6 Å². The van der Waals surface area contributed by atoms with Crippen LogP contribution in [0, 0.1) is 11.3 Å². The van der Waals surface area contributed by atoms with Crippen molar-refractivity contribution >= 4 is 23.3 Å². The minimum Gasteiger partial charge on any atom is -0.493 e. The maximum absolute atomic E-state index is 11.4. The summed E-state index contributed by atoms with van der Waals surface area (Å²) in [6.07, 6.45) is 4.96. The van der Waals surface area contributed by atoms with Gasteiger partial charge in [-0.3, -0.25) is 4.98 Å². The lowest BCUT2D eigenvalue weighted by Crippen LogP contribution is -2.23. The molecular weight excluding hydrogens is 424 g/mol. The number of H-pyrrole nitrogens is 2. The monoisotopic (exact) mass is 436 g/mol. The van der Waals surface area contributed by atoms with Gasteiger partial charge in [0.15, 0.2) is 5.65 Å². The summed E-state index contributed by atoms with van der Waals surface area (Å²) in [5.41, 5.74) is 0.642. The summed E-state index contributed by atoms with van der Waals surface area (Å²) in [5.74, 6) is 0.0494. The predicted molar refractivity (Wildman–Crippen MR) is 107 cm³/mol. The Kier molecular flexibility index (Phi) is 4.41. The van der Waals surface area contributed by atoms with Crippen LogP contribution in [0.3, 0.4) is 0 Å². The molecule has 1 saturated carbocycles. The Balaban J connectivity index is 1.65. The average molecular weight is 437 g/mol. The summed E-state index contributed by atoms with van der Waals surface area (Å²) in [6.45, 7) is 0. The summed E-state index contributed by atoms with van der Waals surface area (Å²) >= 11 is 6.08. The Morgan fingerprint density at radius 2 is 2.19 bits per heavy atom. The Bertz CT molecular complexity index is 1540. The molecule has 5 rings (SSSR count). The third-order valence-electron chi connectivity index (χ3n) is 4.51. The van der Waals surface area contributed by atoms with Crippen molar-refractivity contribution in [1.29, 1.82) is 5.26 Å². The molecule has 11 nitrogen and oxygen atoms in total. The van der Waals surface area contributed by atoms with E-state index in [1.807, 2.05) is 6.07 Å². The van der Waals surface area contributed by atoms with Crippen LogP contribution < -0.4 is 21.3 Å². The summed E-state index contributed by atoms with van der Waals surface area (Å²) in [6, 6.07) is 6.78. The third-order valence-corrected chi connectivity index (χ3v) is 4.82. The van der Waals surface area contributed by atoms with E-state index in [2.05, 4.69) is 30.0 Å². The summed E-state index contributed by atoms with van der Waals surface area (Å²) in [7, 11) is 0. The van der Waals surface area contributed by atoms with Crippen LogP contribution in [0.2, 0.25) is 5.02 Å². The van der Waals surface area contributed by atoms with Gasteiger partial charge < -0.3 is 14.8 Å². The molecule has 1 fully saturated rings. The molecule has 0 radical (unpaired) electrons. The molecule has 0 unspecified atom stereocenters. The number of nitrogens with one attached hydrogen (secondary N) is 2. The second-order valence-electron chi connectivity index (χ2n) is 6.84. The largest absolute Gasteiger partial charge is 0.493 e. The fourth-order valence-electron chi connectivity index (χ4n) is 2.86. The van der Waals surface area contributed by atoms with Gasteiger partial charge in [-0.25, -0.2) is 9.79 Å². The van der Waals surface area contributed by atoms with Crippen LogP contribution in [-0.4, -0.2) is 40.7 Å². The molecule has 3 heterocycles. The van der Waals surface area contributed by atoms with Crippen molar-refractivity contribution in [2.75, 3.05) is 0 Å². The molecule has 154 valence electrons. The van der Waals surface area contributed by atoms with E-state index in [9.17, 15) is 9.90 Å². The summed E-state index contributed by atoms with van der Waals surface area (Å²) in [5, 5.41) is 23.9. The lowest BCUT2D eigenvalue weighted by Gasteiger charge is -2.05. The summed E-state index contributed by atoms with van der Waals surface area (Å²) < 4.78 is 7.23. The fourth-order valence-corrected chi connectivity index (χ4v) is 3.08. The average Bonchev–Trinajstić information content (AvgIpc) is 3.37. The maximum atomic E-state index is 11.4. The third kappa shape index (κ3) is 3.72. The van der Waals surface area contributed by atoms with Gasteiger partial charge in [0.05, 0.1) is 22.8 Å². The number of fused-ring (bicyclic) bond motifs is 1. The second-order valence-corrected chi connectivity index (χ2v) is 7.25. The Hall–Kier alpha value is -4.17. The number of rotatable bonds is 4. The number of ether oxygens (including phenoxy) is 1. The first-order valence-electron chi connectivity index (χ1n) is 9.20. The number of aromatic amines is 2. The molecule has 0 bridgehead atoms. The predicted octanol–water partition coefficient (Wildman–Crippen LogP) is 0.774. The summed E-state index contributed by atoms with van der Waals surface area (Å²) in [4.78, 5) is 29.5. The molecule has 4 aromatic rings. The van der Waals surface area contributed by atoms with Gasteiger partial charge in [0, 0.05) is 11.3 Å². The van der Waals surface area contributed by atoms with Crippen molar-refractivity contribution < 1.29 is 9.84 Å². The molecular formula is C19H13ClN8O3. The maximum Gasteiger partial charge on any atom is 0.327 e. The zero-order chi connectivity index (χ0) is 21.5. The highest BCUT2D eigenvalue weighted by Gasteiger charge is 2.21. The molecule has 0 amide bonds. The van der Waals surface area contributed by atoms with E-state index in [-0.39, 0.29) is 28.6 Å². The van der Waals surface area contributed by atoms with E-state index < -0.39 is 5.69 Å². The fraction of sp³-hybridized carbons (Fsp3) is 0.158. The van der Waals surface area contributed by atoms with Gasteiger partial charge in [-0.2, -0.15) is 24.8 Å². The lowest BCUT2D eigenvalue weighted by molar-refractivity contribution is 0.435. The number of imidazole rings is 1. The normalized spacial score (nSPS) is 14.8. The van der Waals surface area contributed by atoms with Gasteiger partial charge in [0.25, 0.3) is 5.62 Å². The Morgan fingerprint density at radius 1 is 1.35 bits per heavy atom. The lowest BCUT2D eigenvalue weighted by atomic mass is 10.2. The Labute approximate surface area is 178 Å². The minimum atomic E-state index is -0.541. The zero-order valence-electron chi connectivity index (χ0n) is 15.7. The van der Waals surface area contributed by atoms with Gasteiger partial charge in [-0.05, 0) is 31.1 Å². The minimum absolute atomic E-state index is 0.00890. The smallest absolute Gasteiger partial charge is 0.327 e. The number of nitriles is 1. The number of hydrogen-bond donors (Lipinski definition) is 3. The van der Waals surface area contributed by atoms with Crippen LogP contribution in [0.4, 0.5) is 0 Å². The first kappa shape index (κ1) is 18.8. The van der Waals surface area contributed by atoms with Gasteiger partial charge in [0.1, 0.15) is 17.5 Å². The number of aromatic hydroxyl groups is 1. The first-order chi connectivity index (χ1) is 15.0. The van der Waals surface area contributed by atoms with Crippen LogP contribution in [0.1, 0.15) is 24.1 Å². The molecule has 0 saturated heterocycles. The van der Waals surface area contributed by atoms with E-state index in [1.165, 1.54) is 28.9 Å². The number of halogens is 1. The van der Waals surface area contributed by atoms with Gasteiger partial charge in [-0.15, -0.1) is 0 Å². The van der Waals surface area contributed by atoms with Crippen molar-refractivity contribution in [3.8, 4) is 23.7 Å². The van der Waals surface area contributed by atoms with Crippen molar-refractivity contribution in [2.45, 2.75) is 18.9 Å². The molecule has 0 aliphatic heterocycles. The Morgan fingerprint density at radius 3 is 2.87 bits per heavy atom. The number of hydrogen-bond acceptors (Lipinski definition) is 8. The second kappa shape index (κ2) is 7.26. The van der Waals surface area contributed by atoms with Gasteiger partial charge >= 0.3 is 11.7 Å². The SMILES string of the molecule is N#Cc1ccc(Oc2nc(=NC3CC3)n3ncc(=Cc4[nH]c(=O)[nH]c4O)c3n2)cc1Cl. The van der Waals surface area contributed by atoms with Crippen LogP contribution >= 0.6 is 11.6 Å². The van der Waals surface area contributed by atoms with Crippen molar-refractivity contribution in [3.05, 3.63) is 62.0 Å². The highest BCUT2D eigenvalue weighted by molar-refractivity contribution is 6.31. The standard InChI is InChI=1S/C19H13ClN8O3/c20-13-6-12(4-1-9(13)7-21)31-19-25-15-10(5-14-16(29)26-18(30)24-14)8-22-28(15)17(27-19)23-11-2-3-11/h1,4-6,8,11,29H,2-3H2,(H2,24,26,30). The number of aromatic nitrogens is 6. The molecule has 3 aromatic heterocycles. The van der Waals surface area contributed by atoms with E-state index >= 15 is 0 Å². The zero-order valence-corrected chi connectivity index (χ0v) is 16.5. The number of nitrogens with zero attached hydrogens (tertiary/aromatic N) is 6.